The van der Waals surface area contributed by atoms with Crippen molar-refractivity contribution >= 4 is 19.8 Å². The largest absolute Gasteiger partial charge is 0.472 e. The van der Waals surface area contributed by atoms with Crippen LogP contribution in [-0.2, 0) is 32.7 Å². The molecule has 0 aliphatic heterocycles. The van der Waals surface area contributed by atoms with Crippen molar-refractivity contribution in [2.75, 3.05) is 26.4 Å². The number of nitrogens with two attached hydrogens (primary N) is 1. The number of ether oxygens (including phenoxy) is 2. The first-order chi connectivity index (χ1) is 38.8. The van der Waals surface area contributed by atoms with Crippen molar-refractivity contribution in [3.05, 3.63) is 146 Å². The van der Waals surface area contributed by atoms with E-state index in [0.717, 1.165) is 128 Å². The third kappa shape index (κ3) is 62.9. The van der Waals surface area contributed by atoms with Crippen LogP contribution in [0.5, 0.6) is 0 Å². The molecule has 0 aliphatic rings. The summed E-state index contributed by atoms with van der Waals surface area (Å²) in [6.45, 7) is 3.50. The van der Waals surface area contributed by atoms with Crippen LogP contribution in [0.25, 0.3) is 0 Å². The Morgan fingerprint density at radius 2 is 0.658 bits per heavy atom. The van der Waals surface area contributed by atoms with E-state index in [1.165, 1.54) is 83.5 Å². The molecule has 0 fully saturated rings. The van der Waals surface area contributed by atoms with Crippen LogP contribution in [0.2, 0.25) is 0 Å². The average Bonchev–Trinajstić information content (AvgIpc) is 3.44. The third-order valence-electron chi connectivity index (χ3n) is 12.7. The van der Waals surface area contributed by atoms with Gasteiger partial charge in [-0.3, -0.25) is 18.6 Å². The molecule has 2 atom stereocenters. The molecule has 0 rings (SSSR count). The number of carbonyl (C=O) groups is 2. The average molecular weight is 1120 g/mol. The second-order valence-corrected chi connectivity index (χ2v) is 21.6. The fraction of sp³-hybridized carbons (Fsp3) is 0.623. The number of hydrogen-bond acceptors (Lipinski definition) is 8. The number of phosphoric ester groups is 1. The molecule has 10 heteroatoms. The standard InChI is InChI=1S/C69H114NO8P/c1-3-5-7-9-11-13-15-17-19-21-22-23-24-25-26-27-28-29-30-31-32-33-34-35-36-37-38-39-40-41-42-43-44-46-48-50-52-54-56-58-60-62-69(72)78-67(66-77-79(73,74)76-64-63-70)65-75-68(71)61-59-57-55-53-51-49-47-45-20-18-16-14-12-10-8-6-4-2/h5-8,11-14,17-20,22-23,25-26,28-29,31-32,34-35,37-38,67H,3-4,9-10,15-16,21,24,27,30,33,36,39-66,70H2,1-2H3,(H,73,74)/b7-5-,8-6-,13-11-,14-12-,19-17-,20-18-,23-22-,26-25-,29-28-,32-31-,35-34-,38-37-. The van der Waals surface area contributed by atoms with Gasteiger partial charge >= 0.3 is 19.8 Å². The molecule has 0 aromatic heterocycles. The van der Waals surface area contributed by atoms with Crippen LogP contribution in [0.15, 0.2) is 146 Å². The van der Waals surface area contributed by atoms with E-state index in [1.807, 2.05) is 0 Å². The van der Waals surface area contributed by atoms with Crippen LogP contribution in [0.1, 0.15) is 245 Å². The zero-order valence-electron chi connectivity index (χ0n) is 50.0. The third-order valence-corrected chi connectivity index (χ3v) is 13.7. The Morgan fingerprint density at radius 1 is 0.380 bits per heavy atom. The van der Waals surface area contributed by atoms with Crippen LogP contribution in [0.4, 0.5) is 0 Å². The van der Waals surface area contributed by atoms with Crippen molar-refractivity contribution in [2.24, 2.45) is 5.73 Å². The van der Waals surface area contributed by atoms with E-state index in [0.29, 0.717) is 6.42 Å². The molecule has 0 saturated heterocycles. The Balaban J connectivity index is 3.92. The number of rotatable bonds is 57. The maximum absolute atomic E-state index is 12.7. The molecule has 79 heavy (non-hydrogen) atoms. The summed E-state index contributed by atoms with van der Waals surface area (Å²) >= 11 is 0. The van der Waals surface area contributed by atoms with E-state index in [1.54, 1.807) is 0 Å². The molecule has 3 N–H and O–H groups in total. The number of allylic oxidation sites excluding steroid dienone is 24. The van der Waals surface area contributed by atoms with Gasteiger partial charge in [-0.25, -0.2) is 4.57 Å². The molecule has 0 heterocycles. The summed E-state index contributed by atoms with van der Waals surface area (Å²) in [5.74, 6) is -0.846. The molecule has 0 aromatic carbocycles. The predicted molar refractivity (Wildman–Crippen MR) is 339 cm³/mol. The SMILES string of the molecule is CC/C=C\C/C=C\C/C=C\C/C=C\C/C=C\C/C=C\C/C=C\C/C=C\C/C=C\CCCCCCCCCCCCCCCC(=O)OC(COC(=O)CCCCCCCCC/C=C\C/C=C\C/C=C\CC)COP(=O)(O)OCCN. The molecule has 9 nitrogen and oxygen atoms in total. The molecule has 0 saturated carbocycles. The molecule has 2 unspecified atom stereocenters. The summed E-state index contributed by atoms with van der Waals surface area (Å²) in [5.41, 5.74) is 5.38. The smallest absolute Gasteiger partial charge is 0.462 e. The summed E-state index contributed by atoms with van der Waals surface area (Å²) in [6, 6.07) is 0. The van der Waals surface area contributed by atoms with E-state index < -0.39 is 32.5 Å². The van der Waals surface area contributed by atoms with Crippen LogP contribution >= 0.6 is 7.82 Å². The summed E-state index contributed by atoms with van der Waals surface area (Å²) in [5, 5.41) is 0. The lowest BCUT2D eigenvalue weighted by atomic mass is 10.0. The van der Waals surface area contributed by atoms with Gasteiger partial charge in [-0.05, 0) is 116 Å². The van der Waals surface area contributed by atoms with E-state index in [9.17, 15) is 19.0 Å². The number of hydrogen-bond donors (Lipinski definition) is 2. The highest BCUT2D eigenvalue weighted by Crippen LogP contribution is 2.43. The number of carbonyl (C=O) groups excluding carboxylic acids is 2. The summed E-state index contributed by atoms with van der Waals surface area (Å²) in [6.07, 6.45) is 90.6. The first-order valence-corrected chi connectivity index (χ1v) is 32.8. The van der Waals surface area contributed by atoms with Crippen molar-refractivity contribution < 1.29 is 37.6 Å². The first kappa shape index (κ1) is 74.9. The number of unbranched alkanes of at least 4 members (excludes halogenated alkanes) is 20. The van der Waals surface area contributed by atoms with Gasteiger partial charge in [0.25, 0.3) is 0 Å². The van der Waals surface area contributed by atoms with Gasteiger partial charge < -0.3 is 20.1 Å². The molecule has 0 bridgehead atoms. The lowest BCUT2D eigenvalue weighted by Gasteiger charge is -2.19. The van der Waals surface area contributed by atoms with Gasteiger partial charge in [0.15, 0.2) is 6.10 Å². The fourth-order valence-corrected chi connectivity index (χ4v) is 8.94. The normalized spacial score (nSPS) is 14.0. The van der Waals surface area contributed by atoms with Crippen molar-refractivity contribution in [3.8, 4) is 0 Å². The fourth-order valence-electron chi connectivity index (χ4n) is 8.17. The molecule has 0 aromatic rings. The number of phosphoric acid groups is 1. The van der Waals surface area contributed by atoms with Crippen LogP contribution in [-0.4, -0.2) is 49.3 Å². The Labute approximate surface area is 484 Å². The highest BCUT2D eigenvalue weighted by molar-refractivity contribution is 7.47. The minimum Gasteiger partial charge on any atom is -0.462 e. The van der Waals surface area contributed by atoms with Crippen molar-refractivity contribution in [1.29, 1.82) is 0 Å². The molecule has 0 spiro atoms. The van der Waals surface area contributed by atoms with E-state index in [-0.39, 0.29) is 32.6 Å². The molecule has 0 aliphatic carbocycles. The minimum atomic E-state index is -4.40. The second kappa shape index (κ2) is 63.1. The van der Waals surface area contributed by atoms with Gasteiger partial charge in [-0.1, -0.05) is 262 Å². The Kier molecular flexibility index (Phi) is 59.8. The molecule has 0 amide bonds. The van der Waals surface area contributed by atoms with Crippen LogP contribution in [0, 0.1) is 0 Å². The van der Waals surface area contributed by atoms with E-state index in [2.05, 4.69) is 160 Å². The van der Waals surface area contributed by atoms with Crippen LogP contribution < -0.4 is 5.73 Å². The molecular formula is C69H114NO8P. The Bertz CT molecular complexity index is 1800. The molecule has 448 valence electrons. The van der Waals surface area contributed by atoms with Gasteiger partial charge in [-0.2, -0.15) is 0 Å². The zero-order chi connectivity index (χ0) is 57.3. The summed E-state index contributed by atoms with van der Waals surface area (Å²) in [4.78, 5) is 35.2. The van der Waals surface area contributed by atoms with Gasteiger partial charge in [-0.15, -0.1) is 0 Å². The summed E-state index contributed by atoms with van der Waals surface area (Å²) < 4.78 is 33.0. The quantitative estimate of drug-likeness (QED) is 0.0264. The maximum atomic E-state index is 12.7. The lowest BCUT2D eigenvalue weighted by molar-refractivity contribution is -0.161. The zero-order valence-corrected chi connectivity index (χ0v) is 50.9. The highest BCUT2D eigenvalue weighted by atomic mass is 31.2. The van der Waals surface area contributed by atoms with Gasteiger partial charge in [0.2, 0.25) is 0 Å². The first-order valence-electron chi connectivity index (χ1n) is 31.3. The van der Waals surface area contributed by atoms with Gasteiger partial charge in [0.1, 0.15) is 6.61 Å². The highest BCUT2D eigenvalue weighted by Gasteiger charge is 2.26. The van der Waals surface area contributed by atoms with E-state index >= 15 is 0 Å². The second-order valence-electron chi connectivity index (χ2n) is 20.2. The van der Waals surface area contributed by atoms with Crippen molar-refractivity contribution in [3.63, 3.8) is 0 Å². The van der Waals surface area contributed by atoms with Crippen LogP contribution in [0.3, 0.4) is 0 Å². The monoisotopic (exact) mass is 1120 g/mol. The summed E-state index contributed by atoms with van der Waals surface area (Å²) in [7, 11) is -4.40. The topological polar surface area (TPSA) is 134 Å². The van der Waals surface area contributed by atoms with Crippen molar-refractivity contribution in [2.45, 2.75) is 251 Å². The van der Waals surface area contributed by atoms with Gasteiger partial charge in [0.05, 0.1) is 13.2 Å². The Morgan fingerprint density at radius 3 is 0.975 bits per heavy atom. The van der Waals surface area contributed by atoms with E-state index in [4.69, 9.17) is 24.3 Å². The van der Waals surface area contributed by atoms with Crippen molar-refractivity contribution in [1.82, 2.24) is 0 Å². The molecular weight excluding hydrogens is 1000 g/mol. The minimum absolute atomic E-state index is 0.0457. The van der Waals surface area contributed by atoms with Gasteiger partial charge in [0, 0.05) is 19.4 Å². The Hall–Kier alpha value is -4.11. The maximum Gasteiger partial charge on any atom is 0.472 e. The predicted octanol–water partition coefficient (Wildman–Crippen LogP) is 20.3. The number of esters is 2. The molecule has 0 radical (unpaired) electrons. The lowest BCUT2D eigenvalue weighted by Crippen LogP contribution is -2.29.